The fourth-order valence-electron chi connectivity index (χ4n) is 4.22. The first-order valence-corrected chi connectivity index (χ1v) is 11.9. The number of carbonyl (C=O) groups is 2. The fraction of sp³-hybridized carbons (Fsp3) is 0.333. The topological polar surface area (TPSA) is 94.1 Å². The summed E-state index contributed by atoms with van der Waals surface area (Å²) < 4.78 is 18.0. The van der Waals surface area contributed by atoms with Gasteiger partial charge in [-0.05, 0) is 30.3 Å². The molecule has 2 N–H and O–H groups in total. The van der Waals surface area contributed by atoms with Crippen LogP contribution in [0.2, 0.25) is 0 Å². The molecular weight excluding hydrogens is 460 g/mol. The van der Waals surface area contributed by atoms with E-state index >= 15 is 0 Å². The zero-order valence-corrected chi connectivity index (χ0v) is 20.9. The number of para-hydroxylation sites is 1. The molecule has 3 aromatic rings. The van der Waals surface area contributed by atoms with Gasteiger partial charge in [-0.25, -0.2) is 0 Å². The lowest BCUT2D eigenvalue weighted by Crippen LogP contribution is -2.42. The van der Waals surface area contributed by atoms with E-state index in [1.54, 1.807) is 24.3 Å². The summed E-state index contributed by atoms with van der Waals surface area (Å²) in [6.07, 6.45) is 3.65. The van der Waals surface area contributed by atoms with E-state index in [2.05, 4.69) is 15.5 Å². The second kappa shape index (κ2) is 11.7. The van der Waals surface area contributed by atoms with Crippen molar-refractivity contribution in [1.29, 1.82) is 0 Å². The van der Waals surface area contributed by atoms with Gasteiger partial charge in [0.15, 0.2) is 11.5 Å². The molecule has 36 heavy (non-hydrogen) atoms. The lowest BCUT2D eigenvalue weighted by atomic mass is 10.1. The van der Waals surface area contributed by atoms with E-state index < -0.39 is 5.91 Å². The van der Waals surface area contributed by atoms with E-state index in [9.17, 15) is 9.59 Å². The Morgan fingerprint density at radius 3 is 2.56 bits per heavy atom. The molecule has 9 nitrogen and oxygen atoms in total. The summed E-state index contributed by atoms with van der Waals surface area (Å²) >= 11 is 0. The minimum Gasteiger partial charge on any atom is -0.493 e. The molecule has 0 atom stereocenters. The normalized spacial score (nSPS) is 14.5. The van der Waals surface area contributed by atoms with Gasteiger partial charge in [-0.2, -0.15) is 0 Å². The Bertz CT molecular complexity index is 1260. The fourth-order valence-corrected chi connectivity index (χ4v) is 4.22. The zero-order chi connectivity index (χ0) is 25.5. The van der Waals surface area contributed by atoms with E-state index in [0.29, 0.717) is 43.4 Å². The first-order chi connectivity index (χ1) is 17.5. The number of morpholine rings is 1. The largest absolute Gasteiger partial charge is 0.493 e. The summed E-state index contributed by atoms with van der Waals surface area (Å²) in [6, 6.07) is 12.8. The highest BCUT2D eigenvalue weighted by molar-refractivity contribution is 6.06. The predicted octanol–water partition coefficient (Wildman–Crippen LogP) is 2.41. The highest BCUT2D eigenvalue weighted by Crippen LogP contribution is 2.28. The van der Waals surface area contributed by atoms with Gasteiger partial charge in [0.2, 0.25) is 0 Å². The SMILES string of the molecule is COc1ccc(C(=O)N/C(=C\c2cn(C)c3ccccc23)C(=O)NCCN2CCOCC2)cc1OC. The van der Waals surface area contributed by atoms with Crippen LogP contribution in [0.1, 0.15) is 15.9 Å². The number of hydrogen-bond donors (Lipinski definition) is 2. The molecule has 190 valence electrons. The molecular formula is C27H32N4O5. The van der Waals surface area contributed by atoms with Gasteiger partial charge in [0.1, 0.15) is 5.70 Å². The number of hydrogen-bond acceptors (Lipinski definition) is 6. The van der Waals surface area contributed by atoms with Crippen LogP contribution in [0.4, 0.5) is 0 Å². The molecule has 1 aliphatic rings. The molecule has 0 spiro atoms. The number of aryl methyl sites for hydroxylation is 1. The Hall–Kier alpha value is -3.82. The van der Waals surface area contributed by atoms with Crippen molar-refractivity contribution < 1.29 is 23.8 Å². The highest BCUT2D eigenvalue weighted by Gasteiger charge is 2.18. The first kappa shape index (κ1) is 25.3. The number of methoxy groups -OCH3 is 2. The maximum Gasteiger partial charge on any atom is 0.267 e. The molecule has 0 saturated carbocycles. The van der Waals surface area contributed by atoms with E-state index in [1.165, 1.54) is 14.2 Å². The summed E-state index contributed by atoms with van der Waals surface area (Å²) in [5.41, 5.74) is 2.37. The summed E-state index contributed by atoms with van der Waals surface area (Å²) in [4.78, 5) is 28.6. The highest BCUT2D eigenvalue weighted by atomic mass is 16.5. The third-order valence-electron chi connectivity index (χ3n) is 6.18. The Balaban J connectivity index is 1.58. The summed E-state index contributed by atoms with van der Waals surface area (Å²) in [6.45, 7) is 4.23. The van der Waals surface area contributed by atoms with Crippen LogP contribution >= 0.6 is 0 Å². The molecule has 0 bridgehead atoms. The van der Waals surface area contributed by atoms with Crippen molar-refractivity contribution in [1.82, 2.24) is 20.1 Å². The van der Waals surface area contributed by atoms with E-state index in [1.807, 2.05) is 42.1 Å². The number of fused-ring (bicyclic) bond motifs is 1. The van der Waals surface area contributed by atoms with Gasteiger partial charge >= 0.3 is 0 Å². The van der Waals surface area contributed by atoms with Gasteiger partial charge in [0.25, 0.3) is 11.8 Å². The van der Waals surface area contributed by atoms with Crippen molar-refractivity contribution in [2.24, 2.45) is 7.05 Å². The van der Waals surface area contributed by atoms with Crippen LogP contribution < -0.4 is 20.1 Å². The molecule has 1 aromatic heterocycles. The van der Waals surface area contributed by atoms with E-state index in [-0.39, 0.29) is 11.6 Å². The number of aromatic nitrogens is 1. The van der Waals surface area contributed by atoms with E-state index in [0.717, 1.165) is 29.6 Å². The van der Waals surface area contributed by atoms with Gasteiger partial charge in [-0.15, -0.1) is 0 Å². The third-order valence-corrected chi connectivity index (χ3v) is 6.18. The van der Waals surface area contributed by atoms with Crippen LogP contribution in [-0.2, 0) is 16.6 Å². The lowest BCUT2D eigenvalue weighted by molar-refractivity contribution is -0.117. The first-order valence-electron chi connectivity index (χ1n) is 11.9. The molecule has 2 aromatic carbocycles. The average Bonchev–Trinajstić information content (AvgIpc) is 3.23. The number of nitrogens with zero attached hydrogens (tertiary/aromatic N) is 2. The molecule has 1 aliphatic heterocycles. The molecule has 1 fully saturated rings. The molecule has 4 rings (SSSR count). The number of benzene rings is 2. The van der Waals surface area contributed by atoms with Crippen LogP contribution in [0, 0.1) is 0 Å². The standard InChI is InChI=1S/C27H32N4O5/c1-30-18-20(21-6-4-5-7-23(21)30)16-22(27(33)28-10-11-31-12-14-36-15-13-31)29-26(32)19-8-9-24(34-2)25(17-19)35-3/h4-9,16-18H,10-15H2,1-3H3,(H,28,33)(H,29,32)/b22-16-. The van der Waals surface area contributed by atoms with Crippen molar-refractivity contribution in [3.8, 4) is 11.5 Å². The number of nitrogens with one attached hydrogen (secondary N) is 2. The molecule has 9 heteroatoms. The van der Waals surface area contributed by atoms with Gasteiger partial charge in [0, 0.05) is 61.5 Å². The quantitative estimate of drug-likeness (QED) is 0.446. The van der Waals surface area contributed by atoms with Gasteiger partial charge in [0.05, 0.1) is 27.4 Å². The maximum atomic E-state index is 13.2. The smallest absolute Gasteiger partial charge is 0.267 e. The predicted molar refractivity (Wildman–Crippen MR) is 138 cm³/mol. The Morgan fingerprint density at radius 2 is 1.81 bits per heavy atom. The summed E-state index contributed by atoms with van der Waals surface area (Å²) in [5, 5.41) is 6.74. The van der Waals surface area contributed by atoms with E-state index in [4.69, 9.17) is 14.2 Å². The molecule has 1 saturated heterocycles. The van der Waals surface area contributed by atoms with Crippen molar-refractivity contribution in [3.05, 3.63) is 65.5 Å². The lowest BCUT2D eigenvalue weighted by Gasteiger charge is -2.26. The average molecular weight is 493 g/mol. The second-order valence-corrected chi connectivity index (χ2v) is 8.50. The van der Waals surface area contributed by atoms with Crippen molar-refractivity contribution in [3.63, 3.8) is 0 Å². The number of rotatable bonds is 9. The Labute approximate surface area is 210 Å². The summed E-state index contributed by atoms with van der Waals surface area (Å²) in [5.74, 6) is 0.164. The summed E-state index contributed by atoms with van der Waals surface area (Å²) in [7, 11) is 4.99. The third kappa shape index (κ3) is 5.87. The Kier molecular flexibility index (Phi) is 8.24. The number of ether oxygens (including phenoxy) is 3. The number of amides is 2. The molecule has 0 aliphatic carbocycles. The van der Waals surface area contributed by atoms with Gasteiger partial charge < -0.3 is 29.4 Å². The molecule has 0 unspecified atom stereocenters. The van der Waals surface area contributed by atoms with Crippen LogP contribution in [0.5, 0.6) is 11.5 Å². The van der Waals surface area contributed by atoms with Gasteiger partial charge in [-0.3, -0.25) is 14.5 Å². The molecule has 2 amide bonds. The van der Waals surface area contributed by atoms with Crippen LogP contribution in [0.25, 0.3) is 17.0 Å². The minimum absolute atomic E-state index is 0.160. The Morgan fingerprint density at radius 1 is 1.06 bits per heavy atom. The van der Waals surface area contributed by atoms with Crippen molar-refractivity contribution in [2.45, 2.75) is 0 Å². The van der Waals surface area contributed by atoms with Crippen molar-refractivity contribution >= 4 is 28.8 Å². The minimum atomic E-state index is -0.425. The molecule has 0 radical (unpaired) electrons. The monoisotopic (exact) mass is 492 g/mol. The van der Waals surface area contributed by atoms with Gasteiger partial charge in [-0.1, -0.05) is 18.2 Å². The van der Waals surface area contributed by atoms with Crippen LogP contribution in [0.15, 0.2) is 54.4 Å². The zero-order valence-electron chi connectivity index (χ0n) is 20.9. The second-order valence-electron chi connectivity index (χ2n) is 8.50. The van der Waals surface area contributed by atoms with Crippen molar-refractivity contribution in [2.75, 3.05) is 53.6 Å². The number of carbonyl (C=O) groups excluding carboxylic acids is 2. The van der Waals surface area contributed by atoms with Crippen LogP contribution in [0.3, 0.4) is 0 Å². The van der Waals surface area contributed by atoms with Crippen LogP contribution in [-0.4, -0.2) is 74.9 Å². The maximum absolute atomic E-state index is 13.2. The molecule has 2 heterocycles.